The molecule has 1 aromatic rings. The monoisotopic (exact) mass is 292 g/mol. The number of rotatable bonds is 7. The van der Waals surface area contributed by atoms with Crippen LogP contribution < -0.4 is 10.6 Å². The molecule has 0 saturated heterocycles. The molecule has 0 aliphatic heterocycles. The summed E-state index contributed by atoms with van der Waals surface area (Å²) in [6.45, 7) is 5.79. The summed E-state index contributed by atoms with van der Waals surface area (Å²) in [7, 11) is 0. The molecule has 0 spiro atoms. The van der Waals surface area contributed by atoms with Crippen LogP contribution >= 0.6 is 0 Å². The highest BCUT2D eigenvalue weighted by Gasteiger charge is 2.15. The largest absolute Gasteiger partial charge is 0.478 e. The summed E-state index contributed by atoms with van der Waals surface area (Å²) < 4.78 is 0. The SMILES string of the molecule is CCCCCC(C)NC(=O)Nc1cccc(C)c1C(=O)O. The Hall–Kier alpha value is -2.04. The van der Waals surface area contributed by atoms with E-state index in [1.165, 1.54) is 0 Å². The first kappa shape index (κ1) is 17.0. The first-order chi connectivity index (χ1) is 9.95. The maximum atomic E-state index is 11.9. The molecule has 3 N–H and O–H groups in total. The average molecular weight is 292 g/mol. The molecule has 0 aliphatic carbocycles. The predicted molar refractivity (Wildman–Crippen MR) is 83.9 cm³/mol. The number of nitrogens with one attached hydrogen (secondary N) is 2. The molecule has 116 valence electrons. The number of unbranched alkanes of at least 4 members (excludes halogenated alkanes) is 2. The van der Waals surface area contributed by atoms with Crippen LogP contribution in [0.25, 0.3) is 0 Å². The van der Waals surface area contributed by atoms with Crippen molar-refractivity contribution in [1.29, 1.82) is 0 Å². The molecule has 1 aromatic carbocycles. The van der Waals surface area contributed by atoms with Crippen LogP contribution in [0.15, 0.2) is 18.2 Å². The molecule has 5 nitrogen and oxygen atoms in total. The molecule has 0 aromatic heterocycles. The highest BCUT2D eigenvalue weighted by molar-refractivity contribution is 6.01. The zero-order valence-corrected chi connectivity index (χ0v) is 12.9. The van der Waals surface area contributed by atoms with Gasteiger partial charge in [-0.05, 0) is 31.9 Å². The summed E-state index contributed by atoms with van der Waals surface area (Å²) in [5.41, 5.74) is 1.07. The first-order valence-electron chi connectivity index (χ1n) is 7.36. The van der Waals surface area contributed by atoms with Gasteiger partial charge in [0.25, 0.3) is 0 Å². The number of anilines is 1. The van der Waals surface area contributed by atoms with E-state index in [9.17, 15) is 14.7 Å². The highest BCUT2D eigenvalue weighted by atomic mass is 16.4. The summed E-state index contributed by atoms with van der Waals surface area (Å²) in [6.07, 6.45) is 4.28. The fraction of sp³-hybridized carbons (Fsp3) is 0.500. The quantitative estimate of drug-likeness (QED) is 0.669. The third kappa shape index (κ3) is 5.45. The molecule has 0 heterocycles. The Bertz CT molecular complexity index is 500. The van der Waals surface area contributed by atoms with Gasteiger partial charge in [-0.25, -0.2) is 9.59 Å². The van der Waals surface area contributed by atoms with E-state index in [2.05, 4.69) is 17.6 Å². The molecular formula is C16H24N2O3. The lowest BCUT2D eigenvalue weighted by atomic mass is 10.1. The van der Waals surface area contributed by atoms with E-state index in [0.29, 0.717) is 11.3 Å². The van der Waals surface area contributed by atoms with Crippen LogP contribution in [0.2, 0.25) is 0 Å². The lowest BCUT2D eigenvalue weighted by molar-refractivity contribution is 0.0697. The number of hydrogen-bond acceptors (Lipinski definition) is 2. The number of hydrogen-bond donors (Lipinski definition) is 3. The van der Waals surface area contributed by atoms with Crippen molar-refractivity contribution >= 4 is 17.7 Å². The molecule has 0 bridgehead atoms. The van der Waals surface area contributed by atoms with Crippen molar-refractivity contribution in [2.45, 2.75) is 52.5 Å². The second-order valence-electron chi connectivity index (χ2n) is 5.30. The van der Waals surface area contributed by atoms with Crippen molar-refractivity contribution in [3.8, 4) is 0 Å². The number of urea groups is 1. The topological polar surface area (TPSA) is 78.4 Å². The number of aromatic carboxylic acids is 1. The average Bonchev–Trinajstić information content (AvgIpc) is 2.38. The second kappa shape index (κ2) is 8.29. The lowest BCUT2D eigenvalue weighted by Gasteiger charge is -2.16. The van der Waals surface area contributed by atoms with Crippen LogP contribution in [0.4, 0.5) is 10.5 Å². The minimum atomic E-state index is -1.04. The van der Waals surface area contributed by atoms with E-state index >= 15 is 0 Å². The van der Waals surface area contributed by atoms with E-state index in [4.69, 9.17) is 0 Å². The van der Waals surface area contributed by atoms with Crippen LogP contribution in [-0.4, -0.2) is 23.1 Å². The number of benzene rings is 1. The van der Waals surface area contributed by atoms with Gasteiger partial charge in [0.2, 0.25) is 0 Å². The molecule has 1 rings (SSSR count). The van der Waals surface area contributed by atoms with E-state index in [-0.39, 0.29) is 17.6 Å². The van der Waals surface area contributed by atoms with Gasteiger partial charge in [-0.15, -0.1) is 0 Å². The zero-order valence-electron chi connectivity index (χ0n) is 12.9. The number of carboxylic acid groups (broad SMARTS) is 1. The molecule has 1 atom stereocenters. The minimum absolute atomic E-state index is 0.0645. The molecular weight excluding hydrogens is 268 g/mol. The van der Waals surface area contributed by atoms with Gasteiger partial charge in [-0.1, -0.05) is 38.3 Å². The Morgan fingerprint density at radius 1 is 1.29 bits per heavy atom. The van der Waals surface area contributed by atoms with Crippen LogP contribution in [-0.2, 0) is 0 Å². The Morgan fingerprint density at radius 3 is 2.62 bits per heavy atom. The van der Waals surface area contributed by atoms with Crippen molar-refractivity contribution in [3.05, 3.63) is 29.3 Å². The maximum absolute atomic E-state index is 11.9. The van der Waals surface area contributed by atoms with E-state index in [1.807, 2.05) is 6.92 Å². The van der Waals surface area contributed by atoms with Crippen LogP contribution in [0, 0.1) is 6.92 Å². The van der Waals surface area contributed by atoms with Gasteiger partial charge in [0.1, 0.15) is 0 Å². The van der Waals surface area contributed by atoms with Crippen molar-refractivity contribution in [3.63, 3.8) is 0 Å². The van der Waals surface area contributed by atoms with Crippen molar-refractivity contribution < 1.29 is 14.7 Å². The van der Waals surface area contributed by atoms with Gasteiger partial charge in [-0.3, -0.25) is 0 Å². The minimum Gasteiger partial charge on any atom is -0.478 e. The number of aryl methyl sites for hydroxylation is 1. The molecule has 0 fully saturated rings. The van der Waals surface area contributed by atoms with Gasteiger partial charge in [0.05, 0.1) is 11.3 Å². The molecule has 0 aliphatic rings. The summed E-state index contributed by atoms with van der Waals surface area (Å²) in [6, 6.07) is 4.72. The fourth-order valence-corrected chi connectivity index (χ4v) is 2.21. The van der Waals surface area contributed by atoms with E-state index < -0.39 is 5.97 Å². The molecule has 0 radical (unpaired) electrons. The van der Waals surface area contributed by atoms with Gasteiger partial charge in [-0.2, -0.15) is 0 Å². The molecule has 21 heavy (non-hydrogen) atoms. The number of carbonyl (C=O) groups is 2. The summed E-state index contributed by atoms with van der Waals surface area (Å²) in [4.78, 5) is 23.2. The van der Waals surface area contributed by atoms with Gasteiger partial charge >= 0.3 is 12.0 Å². The molecule has 2 amide bonds. The zero-order chi connectivity index (χ0) is 15.8. The Balaban J connectivity index is 2.63. The summed E-state index contributed by atoms with van der Waals surface area (Å²) >= 11 is 0. The fourth-order valence-electron chi connectivity index (χ4n) is 2.21. The number of carbonyl (C=O) groups excluding carboxylic acids is 1. The lowest BCUT2D eigenvalue weighted by Crippen LogP contribution is -2.36. The van der Waals surface area contributed by atoms with Gasteiger partial charge < -0.3 is 15.7 Å². The Kier molecular flexibility index (Phi) is 6.72. The second-order valence-corrected chi connectivity index (χ2v) is 5.30. The molecule has 1 unspecified atom stereocenters. The van der Waals surface area contributed by atoms with Crippen molar-refractivity contribution in [1.82, 2.24) is 5.32 Å². The van der Waals surface area contributed by atoms with Gasteiger partial charge in [0, 0.05) is 6.04 Å². The summed E-state index contributed by atoms with van der Waals surface area (Å²) in [5, 5.41) is 14.7. The van der Waals surface area contributed by atoms with Crippen molar-refractivity contribution in [2.24, 2.45) is 0 Å². The number of amides is 2. The van der Waals surface area contributed by atoms with Crippen LogP contribution in [0.3, 0.4) is 0 Å². The van der Waals surface area contributed by atoms with E-state index in [1.54, 1.807) is 25.1 Å². The molecule has 0 saturated carbocycles. The van der Waals surface area contributed by atoms with Crippen molar-refractivity contribution in [2.75, 3.05) is 5.32 Å². The maximum Gasteiger partial charge on any atom is 0.338 e. The van der Waals surface area contributed by atoms with E-state index in [0.717, 1.165) is 25.7 Å². The van der Waals surface area contributed by atoms with Crippen LogP contribution in [0.5, 0.6) is 0 Å². The normalized spacial score (nSPS) is 11.8. The third-order valence-corrected chi connectivity index (χ3v) is 3.35. The Labute approximate surface area is 125 Å². The third-order valence-electron chi connectivity index (χ3n) is 3.35. The number of carboxylic acids is 1. The standard InChI is InChI=1S/C16H24N2O3/c1-4-5-6-9-12(3)17-16(21)18-13-10-7-8-11(2)14(13)15(19)20/h7-8,10,12H,4-6,9H2,1-3H3,(H,19,20)(H2,17,18,21). The highest BCUT2D eigenvalue weighted by Crippen LogP contribution is 2.19. The Morgan fingerprint density at radius 2 is 2.00 bits per heavy atom. The first-order valence-corrected chi connectivity index (χ1v) is 7.36. The predicted octanol–water partition coefficient (Wildman–Crippen LogP) is 3.78. The van der Waals surface area contributed by atoms with Crippen LogP contribution in [0.1, 0.15) is 55.5 Å². The van der Waals surface area contributed by atoms with Gasteiger partial charge in [0.15, 0.2) is 0 Å². The molecule has 5 heteroatoms. The summed E-state index contributed by atoms with van der Waals surface area (Å²) in [5.74, 6) is -1.04. The smallest absolute Gasteiger partial charge is 0.338 e.